The second-order valence-electron chi connectivity index (χ2n) is 4.89. The van der Waals surface area contributed by atoms with Gasteiger partial charge in [-0.25, -0.2) is 0 Å². The monoisotopic (exact) mass is 273 g/mol. The van der Waals surface area contributed by atoms with E-state index in [-0.39, 0.29) is 5.91 Å². The molecule has 0 radical (unpaired) electrons. The van der Waals surface area contributed by atoms with Crippen LogP contribution in [0.4, 0.5) is 0 Å². The molecule has 6 heteroatoms. The first-order chi connectivity index (χ1) is 9.74. The van der Waals surface area contributed by atoms with Gasteiger partial charge in [-0.15, -0.1) is 0 Å². The maximum atomic E-state index is 12.1. The zero-order valence-electron chi connectivity index (χ0n) is 11.4. The van der Waals surface area contributed by atoms with Gasteiger partial charge < -0.3 is 9.42 Å². The largest absolute Gasteiger partial charge is 0.364 e. The summed E-state index contributed by atoms with van der Waals surface area (Å²) in [6.07, 6.45) is 5.54. The Morgan fingerprint density at radius 2 is 2.10 bits per heavy atom. The van der Waals surface area contributed by atoms with Crippen molar-refractivity contribution in [1.82, 2.24) is 10.1 Å². The van der Waals surface area contributed by atoms with Crippen molar-refractivity contribution in [2.24, 2.45) is 0 Å². The van der Waals surface area contributed by atoms with Crippen LogP contribution in [0.3, 0.4) is 0 Å². The van der Waals surface area contributed by atoms with Crippen LogP contribution >= 0.6 is 0 Å². The van der Waals surface area contributed by atoms with E-state index in [1.54, 1.807) is 6.07 Å². The summed E-state index contributed by atoms with van der Waals surface area (Å²) in [5, 5.41) is 5.92. The minimum atomic E-state index is -0.0624. The van der Waals surface area contributed by atoms with Gasteiger partial charge in [-0.2, -0.15) is 5.01 Å². The normalized spacial score (nSPS) is 15.4. The Hall–Kier alpha value is -2.37. The maximum absolute atomic E-state index is 12.1. The van der Waals surface area contributed by atoms with Gasteiger partial charge in [-0.3, -0.25) is 4.79 Å². The second-order valence-corrected chi connectivity index (χ2v) is 4.89. The predicted molar refractivity (Wildman–Crippen MR) is 71.7 cm³/mol. The van der Waals surface area contributed by atoms with E-state index >= 15 is 0 Å². The zero-order chi connectivity index (χ0) is 13.9. The summed E-state index contributed by atoms with van der Waals surface area (Å²) >= 11 is 0. The van der Waals surface area contributed by atoms with Crippen molar-refractivity contribution < 1.29 is 14.0 Å². The van der Waals surface area contributed by atoms with Crippen LogP contribution in [0.1, 0.15) is 16.1 Å². The molecule has 3 rings (SSSR count). The van der Waals surface area contributed by atoms with Gasteiger partial charge in [-0.1, -0.05) is 9.83 Å². The van der Waals surface area contributed by atoms with Gasteiger partial charge in [0.05, 0.1) is 13.1 Å². The molecular weight excluding hydrogens is 256 g/mol. The number of carbonyl (C=O) groups excluding carboxylic acids is 1. The summed E-state index contributed by atoms with van der Waals surface area (Å²) in [5.74, 6) is -0.0624. The summed E-state index contributed by atoms with van der Waals surface area (Å²) in [6, 6.07) is 5.70. The van der Waals surface area contributed by atoms with Gasteiger partial charge in [0, 0.05) is 30.8 Å². The molecule has 0 aliphatic carbocycles. The molecule has 0 saturated carbocycles. The van der Waals surface area contributed by atoms with Crippen molar-refractivity contribution in [2.45, 2.75) is 6.92 Å². The SMILES string of the molecule is Cc1ccc[n+](N2CCN(C(=O)c3ccon3)CC2)c1. The van der Waals surface area contributed by atoms with Crippen LogP contribution in [0, 0.1) is 6.92 Å². The molecule has 0 atom stereocenters. The Kier molecular flexibility index (Phi) is 3.37. The van der Waals surface area contributed by atoms with E-state index in [2.05, 4.69) is 34.0 Å². The molecule has 0 aromatic carbocycles. The number of amides is 1. The molecular formula is C14H17N4O2+. The van der Waals surface area contributed by atoms with Crippen molar-refractivity contribution in [1.29, 1.82) is 0 Å². The fourth-order valence-corrected chi connectivity index (χ4v) is 2.37. The molecule has 1 aliphatic heterocycles. The van der Waals surface area contributed by atoms with Crippen LogP contribution in [0.15, 0.2) is 41.4 Å². The number of piperazine rings is 1. The van der Waals surface area contributed by atoms with Crippen molar-refractivity contribution in [2.75, 3.05) is 31.2 Å². The van der Waals surface area contributed by atoms with Gasteiger partial charge in [0.25, 0.3) is 5.91 Å². The lowest BCUT2D eigenvalue weighted by Gasteiger charge is -2.31. The van der Waals surface area contributed by atoms with E-state index in [1.807, 2.05) is 17.2 Å². The van der Waals surface area contributed by atoms with Crippen LogP contribution in [0.2, 0.25) is 0 Å². The van der Waals surface area contributed by atoms with E-state index in [9.17, 15) is 4.79 Å². The number of hydrogen-bond donors (Lipinski definition) is 0. The highest BCUT2D eigenvalue weighted by molar-refractivity contribution is 5.92. The third-order valence-electron chi connectivity index (χ3n) is 3.46. The molecule has 2 aromatic rings. The number of aromatic nitrogens is 2. The Balaban J connectivity index is 1.64. The maximum Gasteiger partial charge on any atom is 0.276 e. The summed E-state index contributed by atoms with van der Waals surface area (Å²) < 4.78 is 6.81. The lowest BCUT2D eigenvalue weighted by atomic mass is 10.3. The Morgan fingerprint density at radius 1 is 1.30 bits per heavy atom. The highest BCUT2D eigenvalue weighted by Crippen LogP contribution is 2.05. The van der Waals surface area contributed by atoms with E-state index in [4.69, 9.17) is 4.52 Å². The topological polar surface area (TPSA) is 53.5 Å². The van der Waals surface area contributed by atoms with Gasteiger partial charge >= 0.3 is 0 Å². The molecule has 6 nitrogen and oxygen atoms in total. The summed E-state index contributed by atoms with van der Waals surface area (Å²) in [7, 11) is 0. The lowest BCUT2D eigenvalue weighted by molar-refractivity contribution is -0.694. The first kappa shape index (κ1) is 12.7. The van der Waals surface area contributed by atoms with Crippen molar-refractivity contribution >= 4 is 5.91 Å². The molecule has 1 amide bonds. The van der Waals surface area contributed by atoms with Crippen molar-refractivity contribution in [3.05, 3.63) is 48.1 Å². The zero-order valence-corrected chi connectivity index (χ0v) is 11.4. The highest BCUT2D eigenvalue weighted by atomic mass is 16.5. The van der Waals surface area contributed by atoms with Crippen LogP contribution < -0.4 is 9.69 Å². The average molecular weight is 273 g/mol. The molecule has 1 fully saturated rings. The van der Waals surface area contributed by atoms with Crippen LogP contribution in [0.25, 0.3) is 0 Å². The lowest BCUT2D eigenvalue weighted by Crippen LogP contribution is -2.65. The molecule has 0 spiro atoms. The minimum Gasteiger partial charge on any atom is -0.364 e. The van der Waals surface area contributed by atoms with Crippen LogP contribution in [0.5, 0.6) is 0 Å². The molecule has 1 saturated heterocycles. The molecule has 20 heavy (non-hydrogen) atoms. The van der Waals surface area contributed by atoms with Crippen molar-refractivity contribution in [3.63, 3.8) is 0 Å². The number of hydrogen-bond acceptors (Lipinski definition) is 4. The smallest absolute Gasteiger partial charge is 0.276 e. The van der Waals surface area contributed by atoms with Crippen molar-refractivity contribution in [3.8, 4) is 0 Å². The van der Waals surface area contributed by atoms with Crippen LogP contribution in [-0.2, 0) is 0 Å². The molecule has 104 valence electrons. The molecule has 0 unspecified atom stereocenters. The summed E-state index contributed by atoms with van der Waals surface area (Å²) in [6.45, 7) is 5.05. The Labute approximate surface area is 117 Å². The minimum absolute atomic E-state index is 0.0624. The Bertz CT molecular complexity index is 589. The second kappa shape index (κ2) is 5.32. The van der Waals surface area contributed by atoms with Gasteiger partial charge in [0.1, 0.15) is 6.26 Å². The van der Waals surface area contributed by atoms with Crippen LogP contribution in [-0.4, -0.2) is 42.1 Å². The fourth-order valence-electron chi connectivity index (χ4n) is 2.37. The van der Waals surface area contributed by atoms with Gasteiger partial charge in [-0.05, 0) is 13.0 Å². The average Bonchev–Trinajstić information content (AvgIpc) is 3.01. The molecule has 1 aliphatic rings. The number of aryl methyl sites for hydroxylation is 1. The number of pyridine rings is 1. The number of carbonyl (C=O) groups is 1. The quantitative estimate of drug-likeness (QED) is 0.742. The number of rotatable bonds is 2. The third-order valence-corrected chi connectivity index (χ3v) is 3.46. The summed E-state index contributed by atoms with van der Waals surface area (Å²) in [4.78, 5) is 13.9. The Morgan fingerprint density at radius 3 is 2.75 bits per heavy atom. The van der Waals surface area contributed by atoms with E-state index in [0.717, 1.165) is 13.1 Å². The van der Waals surface area contributed by atoms with E-state index in [1.165, 1.54) is 11.8 Å². The number of nitrogens with zero attached hydrogens (tertiary/aromatic N) is 4. The van der Waals surface area contributed by atoms with E-state index in [0.29, 0.717) is 18.8 Å². The first-order valence-electron chi connectivity index (χ1n) is 6.67. The first-order valence-corrected chi connectivity index (χ1v) is 6.67. The molecule has 0 N–H and O–H groups in total. The fraction of sp³-hybridized carbons (Fsp3) is 0.357. The van der Waals surface area contributed by atoms with E-state index < -0.39 is 0 Å². The summed E-state index contributed by atoms with van der Waals surface area (Å²) in [5.41, 5.74) is 1.59. The predicted octanol–water partition coefficient (Wildman–Crippen LogP) is 0.365. The molecule has 3 heterocycles. The molecule has 2 aromatic heterocycles. The highest BCUT2D eigenvalue weighted by Gasteiger charge is 2.26. The van der Waals surface area contributed by atoms with Gasteiger partial charge in [0.15, 0.2) is 11.9 Å². The van der Waals surface area contributed by atoms with Gasteiger partial charge in [0.2, 0.25) is 6.20 Å². The standard InChI is InChI=1S/C14H17N4O2/c1-12-3-2-5-18(11-12)17-8-6-16(7-9-17)14(19)13-4-10-20-15-13/h2-5,10-11H,6-9H2,1H3/q+1. The third kappa shape index (κ3) is 2.49. The molecule has 0 bridgehead atoms.